The number of likely N-dealkylation sites (N-methyl/N-ethyl adjacent to an activating group) is 1. The first-order chi connectivity index (χ1) is 20.5. The van der Waals surface area contributed by atoms with Crippen LogP contribution in [0.15, 0.2) is 70.4 Å². The molecule has 40 heavy (non-hydrogen) atoms. The van der Waals surface area contributed by atoms with Gasteiger partial charge in [-0.15, -0.1) is 0 Å². The minimum atomic E-state index is -4.18. The van der Waals surface area contributed by atoms with E-state index in [9.17, 15) is 13.2 Å². The normalized spacial score (nSPS) is 21.0. The second-order valence-corrected chi connectivity index (χ2v) is 12.9. The molecule has 2 aliphatic rings. The van der Waals surface area contributed by atoms with Crippen molar-refractivity contribution in [2.45, 2.75) is 29.6 Å². The molecular weight excluding hydrogens is 592 g/mol. The second kappa shape index (κ2) is 8.98. The summed E-state index contributed by atoms with van der Waals surface area (Å²) < 4.78 is 56.5. The van der Waals surface area contributed by atoms with Gasteiger partial charge in [0.1, 0.15) is 4.60 Å². The number of hydrogen-bond donors (Lipinski definition) is 1. The smallest absolute Gasteiger partial charge is 0.270 e. The van der Waals surface area contributed by atoms with Crippen molar-refractivity contribution in [3.63, 3.8) is 0 Å². The Morgan fingerprint density at radius 3 is 2.73 bits per heavy atom. The quantitative estimate of drug-likeness (QED) is 0.316. The molecule has 5 heterocycles. The summed E-state index contributed by atoms with van der Waals surface area (Å²) in [7, 11) is -2.34. The van der Waals surface area contributed by atoms with Crippen molar-refractivity contribution >= 4 is 59.5 Å². The summed E-state index contributed by atoms with van der Waals surface area (Å²) in [6.07, 6.45) is 4.48. The number of aryl methyl sites for hydroxylation is 1. The molecule has 9 nitrogen and oxygen atoms in total. The Hall–Kier alpha value is -3.54. The van der Waals surface area contributed by atoms with Crippen LogP contribution in [-0.4, -0.2) is 53.1 Å². The van der Waals surface area contributed by atoms with Gasteiger partial charge in [-0.25, -0.2) is 17.4 Å². The fourth-order valence-corrected chi connectivity index (χ4v) is 8.84. The Bertz CT molecular complexity index is 2050. The number of rotatable bonds is 3. The second-order valence-electron chi connectivity index (χ2n) is 10.3. The molecule has 2 aliphatic heterocycles. The van der Waals surface area contributed by atoms with Crippen LogP contribution >= 0.6 is 15.9 Å². The van der Waals surface area contributed by atoms with Crippen LogP contribution in [0.25, 0.3) is 33.1 Å². The first-order valence-electron chi connectivity index (χ1n) is 14.5. The predicted molar refractivity (Wildman–Crippen MR) is 158 cm³/mol. The summed E-state index contributed by atoms with van der Waals surface area (Å²) in [5, 5.41) is 8.97. The number of halogens is 1. The van der Waals surface area contributed by atoms with Crippen molar-refractivity contribution in [1.29, 1.82) is 0 Å². The van der Waals surface area contributed by atoms with Crippen LogP contribution in [0.2, 0.25) is 0 Å². The molecular formula is C29H27BrN6O3S. The van der Waals surface area contributed by atoms with Gasteiger partial charge in [0.2, 0.25) is 5.91 Å². The van der Waals surface area contributed by atoms with Crippen LogP contribution in [0, 0.1) is 0 Å². The molecule has 0 radical (unpaired) electrons. The van der Waals surface area contributed by atoms with Crippen molar-refractivity contribution < 1.29 is 17.3 Å². The third-order valence-electron chi connectivity index (χ3n) is 8.20. The van der Waals surface area contributed by atoms with Crippen LogP contribution in [0.1, 0.15) is 28.9 Å². The Morgan fingerprint density at radius 1 is 1.10 bits per heavy atom. The van der Waals surface area contributed by atoms with Crippen molar-refractivity contribution in [2.75, 3.05) is 25.0 Å². The van der Waals surface area contributed by atoms with Gasteiger partial charge in [0.05, 0.1) is 33.9 Å². The first-order valence-corrected chi connectivity index (χ1v) is 15.2. The Kier molecular flexibility index (Phi) is 4.98. The number of amides is 1. The lowest BCUT2D eigenvalue weighted by molar-refractivity contribution is -0.123. The molecule has 5 aromatic rings. The molecule has 2 aromatic carbocycles. The van der Waals surface area contributed by atoms with Gasteiger partial charge in [-0.1, -0.05) is 24.3 Å². The van der Waals surface area contributed by atoms with Gasteiger partial charge in [0.15, 0.2) is 5.65 Å². The molecule has 1 spiro atoms. The lowest BCUT2D eigenvalue weighted by Gasteiger charge is -2.27. The molecule has 1 fully saturated rings. The highest BCUT2D eigenvalue weighted by Crippen LogP contribution is 2.53. The van der Waals surface area contributed by atoms with Crippen LogP contribution in [0.4, 0.5) is 5.69 Å². The molecule has 0 saturated carbocycles. The van der Waals surface area contributed by atoms with E-state index in [0.29, 0.717) is 54.4 Å². The molecule has 1 unspecified atom stereocenters. The zero-order chi connectivity index (χ0) is 30.3. The molecule has 1 atom stereocenters. The monoisotopic (exact) mass is 621 g/mol. The highest BCUT2D eigenvalue weighted by atomic mass is 79.9. The molecule has 0 aliphatic carbocycles. The Labute approximate surface area is 244 Å². The van der Waals surface area contributed by atoms with Crippen LogP contribution < -0.4 is 10.2 Å². The van der Waals surface area contributed by atoms with E-state index in [4.69, 9.17) is 4.11 Å². The molecule has 0 bridgehead atoms. The average Bonchev–Trinajstić information content (AvgIpc) is 3.47. The molecule has 1 amide bonds. The van der Waals surface area contributed by atoms with E-state index in [2.05, 4.69) is 31.3 Å². The van der Waals surface area contributed by atoms with Gasteiger partial charge in [-0.2, -0.15) is 5.10 Å². The summed E-state index contributed by atoms with van der Waals surface area (Å²) in [5.41, 5.74) is 1.71. The van der Waals surface area contributed by atoms with Gasteiger partial charge in [0.25, 0.3) is 10.0 Å². The zero-order valence-corrected chi connectivity index (χ0v) is 24.0. The summed E-state index contributed by atoms with van der Waals surface area (Å²) in [6.45, 7) is -1.57. The number of anilines is 1. The van der Waals surface area contributed by atoms with Crippen molar-refractivity contribution in [2.24, 2.45) is 7.05 Å². The number of carbonyl (C=O) groups is 1. The number of hydrogen-bond acceptors (Lipinski definition) is 6. The molecule has 1 N–H and O–H groups in total. The topological polar surface area (TPSA) is 102 Å². The Balaban J connectivity index is 1.65. The number of carbonyl (C=O) groups excluding carboxylic acids is 1. The third-order valence-corrected chi connectivity index (χ3v) is 10.9. The number of benzene rings is 2. The minimum Gasteiger partial charge on any atom is -0.317 e. The van der Waals surface area contributed by atoms with E-state index in [1.807, 2.05) is 25.2 Å². The Morgan fingerprint density at radius 2 is 1.93 bits per heavy atom. The van der Waals surface area contributed by atoms with Gasteiger partial charge >= 0.3 is 0 Å². The number of pyridine rings is 1. The van der Waals surface area contributed by atoms with E-state index >= 15 is 0 Å². The van der Waals surface area contributed by atoms with Crippen molar-refractivity contribution in [3.05, 3.63) is 71.1 Å². The lowest BCUT2D eigenvalue weighted by Crippen LogP contribution is -2.39. The average molecular weight is 623 g/mol. The SMILES string of the molecule is [2H]C([2H])([2H])N1C(=O)C2(CCCNCC2)c2c1cnc1c2c(-c2ccc3c(cnn3C)c2)c(Br)n1S(=O)(=O)c1ccccc1. The van der Waals surface area contributed by atoms with Crippen LogP contribution in [0.3, 0.4) is 0 Å². The standard InChI is InChI=1S/C29H27BrN6O3S/c1-34-22-17-32-27-24(25(22)29(28(34)37)11-6-13-31-14-12-29)23(18-9-10-21-19(15-18)16-33-35(21)2)26(30)36(27)40(38,39)20-7-4-3-5-8-20/h3-5,7-10,15-17,31H,6,11-14H2,1-2H3/i1D3. The minimum absolute atomic E-state index is 0.0673. The van der Waals surface area contributed by atoms with Gasteiger partial charge in [-0.05, 0) is 78.1 Å². The van der Waals surface area contributed by atoms with Crippen LogP contribution in [0.5, 0.6) is 0 Å². The van der Waals surface area contributed by atoms with Gasteiger partial charge < -0.3 is 10.2 Å². The first kappa shape index (κ1) is 22.2. The molecule has 7 rings (SSSR count). The molecule has 1 saturated heterocycles. The number of aromatic nitrogens is 4. The van der Waals surface area contributed by atoms with Gasteiger partial charge in [-0.3, -0.25) is 9.48 Å². The van der Waals surface area contributed by atoms with E-state index < -0.39 is 28.3 Å². The van der Waals surface area contributed by atoms with E-state index in [1.165, 1.54) is 18.3 Å². The maximum atomic E-state index is 14.3. The molecule has 3 aromatic heterocycles. The fourth-order valence-electron chi connectivity index (χ4n) is 6.29. The third kappa shape index (κ3) is 3.40. The summed E-state index contributed by atoms with van der Waals surface area (Å²) >= 11 is 3.64. The van der Waals surface area contributed by atoms with E-state index in [1.54, 1.807) is 29.1 Å². The predicted octanol–water partition coefficient (Wildman–Crippen LogP) is 4.58. The highest BCUT2D eigenvalue weighted by molar-refractivity contribution is 9.10. The molecule has 204 valence electrons. The maximum Gasteiger partial charge on any atom is 0.270 e. The summed E-state index contributed by atoms with van der Waals surface area (Å²) in [5.74, 6) is -0.510. The maximum absolute atomic E-state index is 14.3. The molecule has 11 heteroatoms. The number of fused-ring (bicyclic) bond motifs is 5. The number of nitrogens with zero attached hydrogens (tertiary/aromatic N) is 5. The zero-order valence-electron chi connectivity index (χ0n) is 24.6. The van der Waals surface area contributed by atoms with E-state index in [-0.39, 0.29) is 20.8 Å². The largest absolute Gasteiger partial charge is 0.317 e. The number of nitrogens with one attached hydrogen (secondary N) is 1. The van der Waals surface area contributed by atoms with E-state index in [0.717, 1.165) is 19.8 Å². The summed E-state index contributed by atoms with van der Waals surface area (Å²) in [6, 6.07) is 13.8. The highest BCUT2D eigenvalue weighted by Gasteiger charge is 2.52. The van der Waals surface area contributed by atoms with Crippen LogP contribution in [-0.2, 0) is 27.3 Å². The fraction of sp³-hybridized carbons (Fsp3) is 0.276. The van der Waals surface area contributed by atoms with Crippen molar-refractivity contribution in [1.82, 2.24) is 24.1 Å². The van der Waals surface area contributed by atoms with Crippen molar-refractivity contribution in [3.8, 4) is 11.1 Å². The van der Waals surface area contributed by atoms with Gasteiger partial charge in [0, 0.05) is 40.0 Å². The lowest BCUT2D eigenvalue weighted by atomic mass is 9.74. The summed E-state index contributed by atoms with van der Waals surface area (Å²) in [4.78, 5) is 19.8.